The summed E-state index contributed by atoms with van der Waals surface area (Å²) in [4.78, 5) is 0. The van der Waals surface area contributed by atoms with Gasteiger partial charge in [0.15, 0.2) is 0 Å². The number of ether oxygens (including phenoxy) is 2. The van der Waals surface area contributed by atoms with Gasteiger partial charge >= 0.3 is 0 Å². The molecule has 0 aromatic heterocycles. The number of rotatable bonds is 5. The molecule has 1 aromatic carbocycles. The maximum absolute atomic E-state index is 7.25. The number of nitrogens with two attached hydrogens (primary N) is 1. The van der Waals surface area contributed by atoms with Crippen molar-refractivity contribution < 1.29 is 9.47 Å². The van der Waals surface area contributed by atoms with Crippen LogP contribution in [0.15, 0.2) is 18.2 Å². The van der Waals surface area contributed by atoms with Crippen LogP contribution >= 0.6 is 0 Å². The molecule has 0 aliphatic heterocycles. The van der Waals surface area contributed by atoms with Crippen LogP contribution in [0.4, 0.5) is 0 Å². The Morgan fingerprint density at radius 2 is 2.20 bits per heavy atom. The summed E-state index contributed by atoms with van der Waals surface area (Å²) in [5.74, 6) is 1.60. The molecule has 1 aromatic rings. The number of amidine groups is 1. The molecule has 0 unspecified atom stereocenters. The van der Waals surface area contributed by atoms with Crippen LogP contribution in [0, 0.1) is 5.41 Å². The quantitative estimate of drug-likeness (QED) is 0.570. The van der Waals surface area contributed by atoms with E-state index in [9.17, 15) is 0 Å². The van der Waals surface area contributed by atoms with E-state index in [0.29, 0.717) is 13.0 Å². The van der Waals surface area contributed by atoms with E-state index < -0.39 is 0 Å². The largest absolute Gasteiger partial charge is 0.497 e. The molecule has 1 rings (SSSR count). The zero-order valence-electron chi connectivity index (χ0n) is 9.04. The van der Waals surface area contributed by atoms with Crippen LogP contribution in [0.5, 0.6) is 11.5 Å². The van der Waals surface area contributed by atoms with Gasteiger partial charge in [-0.25, -0.2) is 0 Å². The van der Waals surface area contributed by atoms with Gasteiger partial charge in [0.05, 0.1) is 19.6 Å². The van der Waals surface area contributed by atoms with E-state index in [1.807, 2.05) is 25.1 Å². The van der Waals surface area contributed by atoms with Crippen LogP contribution < -0.4 is 15.2 Å². The molecule has 0 saturated carbocycles. The monoisotopic (exact) mass is 208 g/mol. The highest BCUT2D eigenvalue weighted by atomic mass is 16.5. The molecule has 3 N–H and O–H groups in total. The predicted molar refractivity (Wildman–Crippen MR) is 59.8 cm³/mol. The molecule has 0 amide bonds. The van der Waals surface area contributed by atoms with Crippen molar-refractivity contribution in [2.24, 2.45) is 5.73 Å². The standard InChI is InChI=1S/C11H16N2O2/c1-3-15-10-7-9(14-2)5-4-8(10)6-11(12)13/h4-5,7H,3,6H2,1-2H3,(H3,12,13). The number of methoxy groups -OCH3 is 1. The second kappa shape index (κ2) is 5.24. The first-order valence-electron chi connectivity index (χ1n) is 4.80. The van der Waals surface area contributed by atoms with Gasteiger partial charge in [-0.05, 0) is 13.0 Å². The number of hydrogen-bond acceptors (Lipinski definition) is 3. The van der Waals surface area contributed by atoms with E-state index in [2.05, 4.69) is 0 Å². The minimum atomic E-state index is 0.126. The second-order valence-electron chi connectivity index (χ2n) is 3.11. The average Bonchev–Trinajstić information content (AvgIpc) is 2.20. The Bertz CT molecular complexity index is 350. The number of benzene rings is 1. The summed E-state index contributed by atoms with van der Waals surface area (Å²) in [5.41, 5.74) is 6.26. The third-order valence-electron chi connectivity index (χ3n) is 1.96. The van der Waals surface area contributed by atoms with Gasteiger partial charge in [0.2, 0.25) is 0 Å². The van der Waals surface area contributed by atoms with E-state index in [-0.39, 0.29) is 5.84 Å². The van der Waals surface area contributed by atoms with Crippen molar-refractivity contribution in [1.82, 2.24) is 0 Å². The molecule has 0 radical (unpaired) electrons. The Kier molecular flexibility index (Phi) is 3.97. The van der Waals surface area contributed by atoms with E-state index in [1.165, 1.54) is 0 Å². The summed E-state index contributed by atoms with van der Waals surface area (Å²) < 4.78 is 10.5. The molecule has 0 spiro atoms. The second-order valence-corrected chi connectivity index (χ2v) is 3.11. The van der Waals surface area contributed by atoms with Gasteiger partial charge in [0.1, 0.15) is 11.5 Å². The first kappa shape index (κ1) is 11.4. The fourth-order valence-electron chi connectivity index (χ4n) is 1.30. The lowest BCUT2D eigenvalue weighted by Gasteiger charge is -2.11. The Hall–Kier alpha value is -1.71. The van der Waals surface area contributed by atoms with Crippen LogP contribution in [-0.2, 0) is 6.42 Å². The topological polar surface area (TPSA) is 68.3 Å². The van der Waals surface area contributed by atoms with Crippen molar-refractivity contribution in [3.05, 3.63) is 23.8 Å². The zero-order valence-corrected chi connectivity index (χ0v) is 9.04. The summed E-state index contributed by atoms with van der Waals surface area (Å²) in [7, 11) is 1.61. The minimum Gasteiger partial charge on any atom is -0.497 e. The highest BCUT2D eigenvalue weighted by Gasteiger charge is 2.06. The van der Waals surface area contributed by atoms with Gasteiger partial charge in [-0.1, -0.05) is 6.07 Å². The average molecular weight is 208 g/mol. The van der Waals surface area contributed by atoms with E-state index >= 15 is 0 Å². The van der Waals surface area contributed by atoms with Crippen molar-refractivity contribution in [3.63, 3.8) is 0 Å². The fraction of sp³-hybridized carbons (Fsp3) is 0.364. The van der Waals surface area contributed by atoms with Crippen molar-refractivity contribution in [2.75, 3.05) is 13.7 Å². The van der Waals surface area contributed by atoms with Crippen LogP contribution in [-0.4, -0.2) is 19.6 Å². The Morgan fingerprint density at radius 1 is 1.47 bits per heavy atom. The molecule has 0 heterocycles. The van der Waals surface area contributed by atoms with Gasteiger partial charge in [0, 0.05) is 18.1 Å². The molecular formula is C11H16N2O2. The zero-order chi connectivity index (χ0) is 11.3. The van der Waals surface area contributed by atoms with E-state index in [0.717, 1.165) is 17.1 Å². The summed E-state index contributed by atoms with van der Waals surface area (Å²) in [6.45, 7) is 2.50. The predicted octanol–water partition coefficient (Wildman–Crippen LogP) is 1.57. The fourth-order valence-corrected chi connectivity index (χ4v) is 1.30. The summed E-state index contributed by atoms with van der Waals surface area (Å²) in [6, 6.07) is 5.51. The number of nitrogens with one attached hydrogen (secondary N) is 1. The number of hydrogen-bond donors (Lipinski definition) is 2. The Labute approximate surface area is 89.5 Å². The van der Waals surface area contributed by atoms with Gasteiger partial charge in [-0.2, -0.15) is 0 Å². The maximum atomic E-state index is 7.25. The molecule has 0 bridgehead atoms. The lowest BCUT2D eigenvalue weighted by molar-refractivity contribution is 0.333. The molecule has 4 nitrogen and oxygen atoms in total. The van der Waals surface area contributed by atoms with Crippen molar-refractivity contribution in [2.45, 2.75) is 13.3 Å². The van der Waals surface area contributed by atoms with E-state index in [4.69, 9.17) is 20.6 Å². The van der Waals surface area contributed by atoms with Crippen LogP contribution in [0.2, 0.25) is 0 Å². The third kappa shape index (κ3) is 3.16. The van der Waals surface area contributed by atoms with Crippen molar-refractivity contribution >= 4 is 5.84 Å². The molecule has 0 aliphatic rings. The normalized spacial score (nSPS) is 9.73. The third-order valence-corrected chi connectivity index (χ3v) is 1.96. The first-order valence-corrected chi connectivity index (χ1v) is 4.80. The van der Waals surface area contributed by atoms with Gasteiger partial charge in [-0.15, -0.1) is 0 Å². The van der Waals surface area contributed by atoms with Crippen LogP contribution in [0.25, 0.3) is 0 Å². The van der Waals surface area contributed by atoms with Gasteiger partial charge in [-0.3, -0.25) is 5.41 Å². The highest BCUT2D eigenvalue weighted by Crippen LogP contribution is 2.25. The summed E-state index contributed by atoms with van der Waals surface area (Å²) >= 11 is 0. The molecule has 4 heteroatoms. The van der Waals surface area contributed by atoms with E-state index in [1.54, 1.807) is 7.11 Å². The maximum Gasteiger partial charge on any atom is 0.126 e. The van der Waals surface area contributed by atoms with Gasteiger partial charge < -0.3 is 15.2 Å². The lowest BCUT2D eigenvalue weighted by Crippen LogP contribution is -2.13. The Morgan fingerprint density at radius 3 is 2.73 bits per heavy atom. The molecular weight excluding hydrogens is 192 g/mol. The van der Waals surface area contributed by atoms with Crippen LogP contribution in [0.3, 0.4) is 0 Å². The molecule has 0 saturated heterocycles. The molecule has 82 valence electrons. The first-order chi connectivity index (χ1) is 7.17. The smallest absolute Gasteiger partial charge is 0.126 e. The summed E-state index contributed by atoms with van der Waals surface area (Å²) in [6.07, 6.45) is 0.402. The van der Waals surface area contributed by atoms with Gasteiger partial charge in [0.25, 0.3) is 0 Å². The SMILES string of the molecule is CCOc1cc(OC)ccc1CC(=N)N. The minimum absolute atomic E-state index is 0.126. The molecule has 0 aliphatic carbocycles. The van der Waals surface area contributed by atoms with Crippen molar-refractivity contribution in [1.29, 1.82) is 5.41 Å². The lowest BCUT2D eigenvalue weighted by atomic mass is 10.1. The van der Waals surface area contributed by atoms with Crippen molar-refractivity contribution in [3.8, 4) is 11.5 Å². The summed E-state index contributed by atoms with van der Waals surface area (Å²) in [5, 5.41) is 7.25. The highest BCUT2D eigenvalue weighted by molar-refractivity contribution is 5.80. The van der Waals surface area contributed by atoms with Crippen LogP contribution in [0.1, 0.15) is 12.5 Å². The molecule has 0 atom stereocenters. The molecule has 15 heavy (non-hydrogen) atoms. The Balaban J connectivity index is 2.97. The molecule has 0 fully saturated rings.